The Kier molecular flexibility index (Phi) is 7.15. The second-order valence-electron chi connectivity index (χ2n) is 8.00. The van der Waals surface area contributed by atoms with Gasteiger partial charge in [0.25, 0.3) is 5.91 Å². The number of hydrogen-bond acceptors (Lipinski definition) is 6. The van der Waals surface area contributed by atoms with Gasteiger partial charge in [0, 0.05) is 12.1 Å². The predicted octanol–water partition coefficient (Wildman–Crippen LogP) is 2.67. The topological polar surface area (TPSA) is 114 Å². The summed E-state index contributed by atoms with van der Waals surface area (Å²) in [6, 6.07) is 10.2. The summed E-state index contributed by atoms with van der Waals surface area (Å²) in [5.41, 5.74) is -0.830. The van der Waals surface area contributed by atoms with Crippen LogP contribution in [0.3, 0.4) is 0 Å². The number of phenols is 1. The van der Waals surface area contributed by atoms with Crippen LogP contribution in [0.25, 0.3) is 0 Å². The number of rotatable bonds is 7. The largest absolute Gasteiger partial charge is 0.573 e. The van der Waals surface area contributed by atoms with Gasteiger partial charge < -0.3 is 25.2 Å². The van der Waals surface area contributed by atoms with E-state index in [4.69, 9.17) is 4.74 Å². The molecule has 1 aliphatic rings. The van der Waals surface area contributed by atoms with E-state index in [1.165, 1.54) is 18.2 Å². The lowest BCUT2D eigenvalue weighted by Gasteiger charge is -2.29. The van der Waals surface area contributed by atoms with Crippen LogP contribution in [0.15, 0.2) is 48.5 Å². The molecule has 182 valence electrons. The summed E-state index contributed by atoms with van der Waals surface area (Å²) < 4.78 is 46.0. The van der Waals surface area contributed by atoms with Crippen LogP contribution in [-0.4, -0.2) is 53.9 Å². The van der Waals surface area contributed by atoms with E-state index in [0.717, 1.165) is 24.3 Å². The molecule has 1 saturated heterocycles. The van der Waals surface area contributed by atoms with Crippen LogP contribution in [0.2, 0.25) is 0 Å². The van der Waals surface area contributed by atoms with Crippen LogP contribution in [0.4, 0.5) is 13.2 Å². The maximum atomic E-state index is 13.2. The molecule has 3 unspecified atom stereocenters. The first kappa shape index (κ1) is 25.0. The zero-order valence-electron chi connectivity index (χ0n) is 18.3. The molecule has 0 aliphatic carbocycles. The lowest BCUT2D eigenvalue weighted by Crippen LogP contribution is -2.57. The van der Waals surface area contributed by atoms with Crippen molar-refractivity contribution in [2.45, 2.75) is 37.8 Å². The van der Waals surface area contributed by atoms with Gasteiger partial charge in [-0.3, -0.25) is 14.4 Å². The van der Waals surface area contributed by atoms with E-state index in [-0.39, 0.29) is 30.2 Å². The summed E-state index contributed by atoms with van der Waals surface area (Å²) in [4.78, 5) is 38.0. The van der Waals surface area contributed by atoms with Gasteiger partial charge in [-0.25, -0.2) is 0 Å². The van der Waals surface area contributed by atoms with Crippen molar-refractivity contribution >= 4 is 17.6 Å². The summed E-state index contributed by atoms with van der Waals surface area (Å²) in [7, 11) is 0. The van der Waals surface area contributed by atoms with E-state index in [1.807, 2.05) is 0 Å². The molecule has 2 amide bonds. The molecule has 0 saturated carbocycles. The van der Waals surface area contributed by atoms with Crippen molar-refractivity contribution in [2.24, 2.45) is 0 Å². The van der Waals surface area contributed by atoms with Gasteiger partial charge in [-0.1, -0.05) is 12.1 Å². The highest BCUT2D eigenvalue weighted by Gasteiger charge is 2.47. The highest BCUT2D eigenvalue weighted by atomic mass is 19.4. The third-order valence-corrected chi connectivity index (χ3v) is 5.65. The molecule has 8 nitrogen and oxygen atoms in total. The average molecular weight is 480 g/mol. The Morgan fingerprint density at radius 3 is 2.47 bits per heavy atom. The van der Waals surface area contributed by atoms with Crippen LogP contribution in [0, 0.1) is 0 Å². The minimum atomic E-state index is -4.86. The van der Waals surface area contributed by atoms with Gasteiger partial charge in [0.15, 0.2) is 5.78 Å². The lowest BCUT2D eigenvalue weighted by molar-refractivity contribution is -0.274. The molecule has 3 N–H and O–H groups in total. The molecule has 1 aliphatic heterocycles. The van der Waals surface area contributed by atoms with Crippen molar-refractivity contribution in [3.63, 3.8) is 0 Å². The first-order valence-corrected chi connectivity index (χ1v) is 10.3. The Morgan fingerprint density at radius 1 is 1.24 bits per heavy atom. The fourth-order valence-electron chi connectivity index (χ4n) is 3.47. The maximum absolute atomic E-state index is 13.2. The molecule has 3 rings (SSSR count). The second-order valence-corrected chi connectivity index (χ2v) is 8.00. The maximum Gasteiger partial charge on any atom is 0.573 e. The summed E-state index contributed by atoms with van der Waals surface area (Å²) in [5.74, 6) is -3.08. The summed E-state index contributed by atoms with van der Waals surface area (Å²) >= 11 is 0. The van der Waals surface area contributed by atoms with E-state index in [1.54, 1.807) is 19.9 Å². The number of carbonyl (C=O) groups excluding carboxylic acids is 3. The number of alkyl halides is 3. The molecule has 3 atom stereocenters. The Bertz CT molecular complexity index is 1070. The van der Waals surface area contributed by atoms with Crippen molar-refractivity contribution in [2.75, 3.05) is 13.2 Å². The number of phenolic OH excluding ortho intramolecular Hbond substituents is 1. The molecule has 0 radical (unpaired) electrons. The number of halogens is 3. The third-order valence-electron chi connectivity index (χ3n) is 5.65. The van der Waals surface area contributed by atoms with E-state index in [2.05, 4.69) is 15.4 Å². The van der Waals surface area contributed by atoms with E-state index >= 15 is 0 Å². The second kappa shape index (κ2) is 9.72. The first-order valence-electron chi connectivity index (χ1n) is 10.3. The van der Waals surface area contributed by atoms with Crippen molar-refractivity contribution in [3.8, 4) is 11.5 Å². The van der Waals surface area contributed by atoms with Crippen LogP contribution in [-0.2, 0) is 14.3 Å². The third kappa shape index (κ3) is 5.84. The minimum Gasteiger partial charge on any atom is -0.508 e. The van der Waals surface area contributed by atoms with Gasteiger partial charge >= 0.3 is 6.36 Å². The molecule has 1 fully saturated rings. The molecule has 1 heterocycles. The smallest absolute Gasteiger partial charge is 0.508 e. The van der Waals surface area contributed by atoms with Crippen molar-refractivity contribution in [3.05, 3.63) is 59.7 Å². The quantitative estimate of drug-likeness (QED) is 0.562. The van der Waals surface area contributed by atoms with Crippen molar-refractivity contribution in [1.29, 1.82) is 0 Å². The highest BCUT2D eigenvalue weighted by Crippen LogP contribution is 2.26. The molecule has 0 bridgehead atoms. The SMILES string of the molecule is CC1OCC(=O)C1(C)NC(=O)C(CNC(=O)c1ccc(OC(F)(F)F)cc1)c1cccc(O)c1. The van der Waals surface area contributed by atoms with Gasteiger partial charge in [-0.05, 0) is 55.8 Å². The van der Waals surface area contributed by atoms with Crippen LogP contribution in [0.1, 0.15) is 35.7 Å². The Balaban J connectivity index is 1.75. The molecular weight excluding hydrogens is 457 g/mol. The van der Waals surface area contributed by atoms with E-state index in [9.17, 15) is 32.7 Å². The fraction of sp³-hybridized carbons (Fsp3) is 0.348. The number of nitrogens with one attached hydrogen (secondary N) is 2. The van der Waals surface area contributed by atoms with Crippen molar-refractivity contribution < 1.29 is 42.1 Å². The first-order chi connectivity index (χ1) is 15.9. The monoisotopic (exact) mass is 480 g/mol. The minimum absolute atomic E-state index is 0.0459. The Morgan fingerprint density at radius 2 is 1.91 bits per heavy atom. The van der Waals surface area contributed by atoms with E-state index < -0.39 is 41.5 Å². The predicted molar refractivity (Wildman–Crippen MR) is 113 cm³/mol. The van der Waals surface area contributed by atoms with Gasteiger partial charge in [0.1, 0.15) is 23.6 Å². The molecule has 0 spiro atoms. The van der Waals surface area contributed by atoms with Crippen LogP contribution >= 0.6 is 0 Å². The highest BCUT2D eigenvalue weighted by molar-refractivity contribution is 5.98. The fourth-order valence-corrected chi connectivity index (χ4v) is 3.47. The molecule has 2 aromatic rings. The number of aromatic hydroxyl groups is 1. The number of amides is 2. The number of benzene rings is 2. The standard InChI is InChI=1S/C23H23F3N2O6/c1-13-22(2,19(30)12-33-13)28-21(32)18(15-4-3-5-16(29)10-15)11-27-20(31)14-6-8-17(9-7-14)34-23(24,25)26/h3-10,13,18,29H,11-12H2,1-2H3,(H,27,31)(H,28,32). The summed E-state index contributed by atoms with van der Waals surface area (Å²) in [5, 5.41) is 15.1. The summed E-state index contributed by atoms with van der Waals surface area (Å²) in [6.07, 6.45) is -5.42. The van der Waals surface area contributed by atoms with Crippen LogP contribution < -0.4 is 15.4 Å². The molecule has 2 aromatic carbocycles. The number of carbonyl (C=O) groups is 3. The lowest BCUT2D eigenvalue weighted by atomic mass is 9.90. The number of hydrogen-bond donors (Lipinski definition) is 3. The van der Waals surface area contributed by atoms with Gasteiger partial charge in [-0.15, -0.1) is 13.2 Å². The van der Waals surface area contributed by atoms with Gasteiger partial charge in [0.05, 0.1) is 12.0 Å². The van der Waals surface area contributed by atoms with Gasteiger partial charge in [0.2, 0.25) is 5.91 Å². The Hall–Kier alpha value is -3.60. The number of ether oxygens (including phenoxy) is 2. The normalized spacial score (nSPS) is 21.1. The zero-order valence-corrected chi connectivity index (χ0v) is 18.3. The average Bonchev–Trinajstić information content (AvgIpc) is 3.00. The molecular formula is C23H23F3N2O6. The molecule has 34 heavy (non-hydrogen) atoms. The van der Waals surface area contributed by atoms with E-state index in [0.29, 0.717) is 5.56 Å². The molecule has 11 heteroatoms. The Labute approximate surface area is 193 Å². The number of ketones is 1. The van der Waals surface area contributed by atoms with Crippen molar-refractivity contribution in [1.82, 2.24) is 10.6 Å². The van der Waals surface area contributed by atoms with Gasteiger partial charge in [-0.2, -0.15) is 0 Å². The number of Topliss-reactive ketones (excluding diaryl/α,β-unsaturated/α-hetero) is 1. The van der Waals surface area contributed by atoms with Crippen LogP contribution in [0.5, 0.6) is 11.5 Å². The summed E-state index contributed by atoms with van der Waals surface area (Å²) in [6.45, 7) is 2.85. The molecule has 0 aromatic heterocycles. The zero-order chi connectivity index (χ0) is 25.1.